The highest BCUT2D eigenvalue weighted by Crippen LogP contribution is 2.29. The highest BCUT2D eigenvalue weighted by Gasteiger charge is 2.19. The molecule has 29 heavy (non-hydrogen) atoms. The number of carbonyl (C=O) groups excluding carboxylic acids is 1. The molecule has 0 fully saturated rings. The zero-order chi connectivity index (χ0) is 20.9. The molecule has 3 aromatic rings. The molecule has 0 aliphatic heterocycles. The van der Waals surface area contributed by atoms with Gasteiger partial charge in [-0.15, -0.1) is 0 Å². The molecule has 3 aromatic carbocycles. The number of hydrogen-bond acceptors (Lipinski definition) is 4. The van der Waals surface area contributed by atoms with Crippen molar-refractivity contribution in [3.8, 4) is 11.5 Å². The number of aryl methyl sites for hydroxylation is 1. The van der Waals surface area contributed by atoms with Crippen molar-refractivity contribution in [2.24, 2.45) is 0 Å². The van der Waals surface area contributed by atoms with Crippen LogP contribution >= 0.6 is 15.9 Å². The summed E-state index contributed by atoms with van der Waals surface area (Å²) in [7, 11) is -3.62. The summed E-state index contributed by atoms with van der Waals surface area (Å²) in [6, 6.07) is 21.4. The van der Waals surface area contributed by atoms with Crippen LogP contribution in [-0.2, 0) is 20.4 Å². The molecule has 0 aliphatic rings. The van der Waals surface area contributed by atoms with Crippen LogP contribution in [0.1, 0.15) is 11.1 Å². The van der Waals surface area contributed by atoms with E-state index >= 15 is 0 Å². The molecule has 0 atom stereocenters. The van der Waals surface area contributed by atoms with E-state index in [0.717, 1.165) is 10.0 Å². The van der Waals surface area contributed by atoms with Crippen LogP contribution in [0.4, 0.5) is 5.69 Å². The fraction of sp³-hybridized carbons (Fsp3) is 0.136. The van der Waals surface area contributed by atoms with Crippen LogP contribution < -0.4 is 10.1 Å². The standard InChI is InChI=1S/C22H20BrNO4S/c1-16-9-11-19(12-10-16)28-21-8-3-2-7-20(21)24-22(25)15-29(26,27)14-17-5-4-6-18(23)13-17/h2-13H,14-15H2,1H3,(H,24,25). The number of nitrogens with one attached hydrogen (secondary N) is 1. The third-order valence-corrected chi connectivity index (χ3v) is 6.00. The molecule has 3 rings (SSSR count). The van der Waals surface area contributed by atoms with Crippen molar-refractivity contribution in [3.63, 3.8) is 0 Å². The molecule has 1 N–H and O–H groups in total. The van der Waals surface area contributed by atoms with E-state index < -0.39 is 21.5 Å². The summed E-state index contributed by atoms with van der Waals surface area (Å²) in [5, 5.41) is 2.64. The van der Waals surface area contributed by atoms with Crippen molar-refractivity contribution in [1.82, 2.24) is 0 Å². The maximum atomic E-state index is 12.4. The Bertz CT molecular complexity index is 1110. The maximum Gasteiger partial charge on any atom is 0.239 e. The Kier molecular flexibility index (Phi) is 6.71. The van der Waals surface area contributed by atoms with Gasteiger partial charge in [-0.2, -0.15) is 0 Å². The second kappa shape index (κ2) is 9.24. The normalized spacial score (nSPS) is 11.1. The SMILES string of the molecule is Cc1ccc(Oc2ccccc2NC(=O)CS(=O)(=O)Cc2cccc(Br)c2)cc1. The number of amides is 1. The lowest BCUT2D eigenvalue weighted by atomic mass is 10.2. The number of halogens is 1. The number of benzene rings is 3. The molecular weight excluding hydrogens is 454 g/mol. The van der Waals surface area contributed by atoms with Crippen LogP contribution in [0.3, 0.4) is 0 Å². The van der Waals surface area contributed by atoms with Gasteiger partial charge in [0.15, 0.2) is 15.6 Å². The first-order valence-corrected chi connectivity index (χ1v) is 11.5. The van der Waals surface area contributed by atoms with E-state index in [9.17, 15) is 13.2 Å². The van der Waals surface area contributed by atoms with Crippen molar-refractivity contribution in [3.05, 3.63) is 88.4 Å². The number of anilines is 1. The van der Waals surface area contributed by atoms with E-state index in [1.807, 2.05) is 37.3 Å². The Hall–Kier alpha value is -2.64. The van der Waals surface area contributed by atoms with E-state index in [4.69, 9.17) is 4.74 Å². The summed E-state index contributed by atoms with van der Waals surface area (Å²) >= 11 is 3.32. The van der Waals surface area contributed by atoms with Crippen molar-refractivity contribution in [1.29, 1.82) is 0 Å². The first kappa shape index (κ1) is 21.1. The van der Waals surface area contributed by atoms with Gasteiger partial charge in [0.2, 0.25) is 5.91 Å². The Morgan fingerprint density at radius 2 is 1.72 bits per heavy atom. The zero-order valence-corrected chi connectivity index (χ0v) is 18.2. The van der Waals surface area contributed by atoms with Crippen molar-refractivity contribution >= 4 is 37.4 Å². The average Bonchev–Trinajstić information content (AvgIpc) is 2.64. The Morgan fingerprint density at radius 1 is 1.00 bits per heavy atom. The molecule has 0 saturated heterocycles. The van der Waals surface area contributed by atoms with Crippen LogP contribution in [0.25, 0.3) is 0 Å². The van der Waals surface area contributed by atoms with Gasteiger partial charge < -0.3 is 10.1 Å². The van der Waals surface area contributed by atoms with E-state index in [-0.39, 0.29) is 5.75 Å². The second-order valence-electron chi connectivity index (χ2n) is 6.62. The van der Waals surface area contributed by atoms with Crippen LogP contribution in [0.15, 0.2) is 77.3 Å². The smallest absolute Gasteiger partial charge is 0.239 e. The number of rotatable bonds is 7. The molecule has 1 amide bonds. The zero-order valence-electron chi connectivity index (χ0n) is 15.8. The summed E-state index contributed by atoms with van der Waals surface area (Å²) in [5.74, 6) is -0.367. The Labute approximate surface area is 178 Å². The predicted octanol–water partition coefficient (Wildman–Crippen LogP) is 5.10. The molecule has 5 nitrogen and oxygen atoms in total. The number of hydrogen-bond donors (Lipinski definition) is 1. The summed E-state index contributed by atoms with van der Waals surface area (Å²) in [6.07, 6.45) is 0. The molecule has 0 saturated carbocycles. The van der Waals surface area contributed by atoms with Crippen molar-refractivity contribution in [2.45, 2.75) is 12.7 Å². The molecule has 0 radical (unpaired) electrons. The minimum atomic E-state index is -3.62. The first-order valence-electron chi connectivity index (χ1n) is 8.89. The number of para-hydroxylation sites is 2. The van der Waals surface area contributed by atoms with Gasteiger partial charge in [0.05, 0.1) is 11.4 Å². The van der Waals surface area contributed by atoms with Gasteiger partial charge >= 0.3 is 0 Å². The summed E-state index contributed by atoms with van der Waals surface area (Å²) in [4.78, 5) is 12.4. The molecule has 0 heterocycles. The molecule has 0 spiro atoms. The quantitative estimate of drug-likeness (QED) is 0.517. The minimum Gasteiger partial charge on any atom is -0.455 e. The molecule has 7 heteroatoms. The maximum absolute atomic E-state index is 12.4. The third kappa shape index (κ3) is 6.44. The van der Waals surface area contributed by atoms with E-state index in [0.29, 0.717) is 22.7 Å². The lowest BCUT2D eigenvalue weighted by molar-refractivity contribution is -0.113. The second-order valence-corrected chi connectivity index (χ2v) is 9.60. The largest absolute Gasteiger partial charge is 0.455 e. The van der Waals surface area contributed by atoms with Gasteiger partial charge in [-0.05, 0) is 48.9 Å². The van der Waals surface area contributed by atoms with Gasteiger partial charge in [-0.1, -0.05) is 57.9 Å². The summed E-state index contributed by atoms with van der Waals surface area (Å²) in [6.45, 7) is 1.98. The van der Waals surface area contributed by atoms with Gasteiger partial charge in [-0.25, -0.2) is 8.42 Å². The van der Waals surface area contributed by atoms with Crippen LogP contribution in [0, 0.1) is 6.92 Å². The number of sulfone groups is 1. The highest BCUT2D eigenvalue weighted by molar-refractivity contribution is 9.10. The predicted molar refractivity (Wildman–Crippen MR) is 118 cm³/mol. The van der Waals surface area contributed by atoms with Crippen molar-refractivity contribution < 1.29 is 17.9 Å². The van der Waals surface area contributed by atoms with Crippen LogP contribution in [0.2, 0.25) is 0 Å². The van der Waals surface area contributed by atoms with Crippen LogP contribution in [-0.4, -0.2) is 20.1 Å². The van der Waals surface area contributed by atoms with Crippen molar-refractivity contribution in [2.75, 3.05) is 11.1 Å². The number of carbonyl (C=O) groups is 1. The van der Waals surface area contributed by atoms with E-state index in [1.165, 1.54) is 0 Å². The van der Waals surface area contributed by atoms with Gasteiger partial charge in [0.25, 0.3) is 0 Å². The van der Waals surface area contributed by atoms with Crippen LogP contribution in [0.5, 0.6) is 11.5 Å². The van der Waals surface area contributed by atoms with E-state index in [1.54, 1.807) is 42.5 Å². The molecule has 0 aromatic heterocycles. The molecular formula is C22H20BrNO4S. The van der Waals surface area contributed by atoms with Gasteiger partial charge in [0, 0.05) is 4.47 Å². The molecule has 0 aliphatic carbocycles. The summed E-state index contributed by atoms with van der Waals surface area (Å²) in [5.41, 5.74) is 2.14. The average molecular weight is 474 g/mol. The lowest BCUT2D eigenvalue weighted by Gasteiger charge is -2.12. The first-order chi connectivity index (χ1) is 13.8. The fourth-order valence-electron chi connectivity index (χ4n) is 2.71. The monoisotopic (exact) mass is 473 g/mol. The molecule has 0 bridgehead atoms. The third-order valence-electron chi connectivity index (χ3n) is 4.04. The molecule has 0 unspecified atom stereocenters. The topological polar surface area (TPSA) is 72.5 Å². The van der Waals surface area contributed by atoms with Gasteiger partial charge in [0.1, 0.15) is 11.5 Å². The number of ether oxygens (including phenoxy) is 1. The Morgan fingerprint density at radius 3 is 2.45 bits per heavy atom. The highest BCUT2D eigenvalue weighted by atomic mass is 79.9. The van der Waals surface area contributed by atoms with E-state index in [2.05, 4.69) is 21.2 Å². The Balaban J connectivity index is 1.68. The lowest BCUT2D eigenvalue weighted by Crippen LogP contribution is -2.24. The van der Waals surface area contributed by atoms with Gasteiger partial charge in [-0.3, -0.25) is 4.79 Å². The minimum absolute atomic E-state index is 0.207. The fourth-order valence-corrected chi connectivity index (χ4v) is 4.42. The summed E-state index contributed by atoms with van der Waals surface area (Å²) < 4.78 is 31.4. The molecule has 150 valence electrons.